The van der Waals surface area contributed by atoms with Crippen molar-refractivity contribution in [3.63, 3.8) is 0 Å². The van der Waals surface area contributed by atoms with Crippen molar-refractivity contribution in [2.24, 2.45) is 5.73 Å². The Morgan fingerprint density at radius 3 is 2.61 bits per heavy atom. The fourth-order valence-electron chi connectivity index (χ4n) is 1.66. The average molecular weight is 274 g/mol. The summed E-state index contributed by atoms with van der Waals surface area (Å²) in [5.74, 6) is -0.317. The summed E-state index contributed by atoms with van der Waals surface area (Å²) in [4.78, 5) is 0. The fourth-order valence-corrected chi connectivity index (χ4v) is 2.97. The van der Waals surface area contributed by atoms with E-state index in [-0.39, 0.29) is 18.9 Å². The number of sulfonamides is 1. The van der Waals surface area contributed by atoms with Crippen LogP contribution in [0.4, 0.5) is 4.39 Å². The van der Waals surface area contributed by atoms with E-state index < -0.39 is 15.3 Å². The number of hydrogen-bond donors (Lipinski definition) is 2. The maximum atomic E-state index is 13.3. The lowest BCUT2D eigenvalue weighted by Gasteiger charge is -2.14. The lowest BCUT2D eigenvalue weighted by Crippen LogP contribution is -2.39. The molecule has 102 valence electrons. The summed E-state index contributed by atoms with van der Waals surface area (Å²) in [5, 5.41) is -0.585. The largest absolute Gasteiger partial charge is 0.329 e. The number of halogens is 1. The van der Waals surface area contributed by atoms with Gasteiger partial charge in [-0.25, -0.2) is 17.5 Å². The van der Waals surface area contributed by atoms with Crippen LogP contribution in [-0.2, 0) is 16.4 Å². The molecule has 0 aliphatic heterocycles. The first-order chi connectivity index (χ1) is 8.51. The van der Waals surface area contributed by atoms with Crippen molar-refractivity contribution in [1.82, 2.24) is 4.72 Å². The molecule has 0 radical (unpaired) electrons. The monoisotopic (exact) mass is 274 g/mol. The highest BCUT2D eigenvalue weighted by atomic mass is 32.2. The molecule has 1 aromatic carbocycles. The Morgan fingerprint density at radius 1 is 1.39 bits per heavy atom. The zero-order valence-corrected chi connectivity index (χ0v) is 11.2. The van der Waals surface area contributed by atoms with Crippen molar-refractivity contribution in [2.75, 3.05) is 13.1 Å². The Hall–Kier alpha value is -0.980. The summed E-state index contributed by atoms with van der Waals surface area (Å²) < 4.78 is 39.3. The van der Waals surface area contributed by atoms with Gasteiger partial charge in [0.15, 0.2) is 0 Å². The van der Waals surface area contributed by atoms with Crippen LogP contribution in [0.2, 0.25) is 0 Å². The molecule has 0 aliphatic carbocycles. The Labute approximate surface area is 107 Å². The third-order valence-corrected chi connectivity index (χ3v) is 4.82. The predicted molar refractivity (Wildman–Crippen MR) is 70.2 cm³/mol. The second kappa shape index (κ2) is 6.82. The number of nitrogens with two attached hydrogens (primary N) is 1. The molecule has 0 heterocycles. The number of hydrogen-bond acceptors (Lipinski definition) is 3. The van der Waals surface area contributed by atoms with Gasteiger partial charge >= 0.3 is 0 Å². The lowest BCUT2D eigenvalue weighted by atomic mass is 10.1. The Balaban J connectivity index is 2.54. The second-order valence-electron chi connectivity index (χ2n) is 4.05. The van der Waals surface area contributed by atoms with Crippen molar-refractivity contribution in [3.05, 3.63) is 35.6 Å². The smallest absolute Gasteiger partial charge is 0.215 e. The molecule has 6 heteroatoms. The highest BCUT2D eigenvalue weighted by molar-refractivity contribution is 7.90. The van der Waals surface area contributed by atoms with Gasteiger partial charge in [0.2, 0.25) is 10.0 Å². The van der Waals surface area contributed by atoms with Crippen LogP contribution in [0.25, 0.3) is 0 Å². The van der Waals surface area contributed by atoms with Gasteiger partial charge in [-0.2, -0.15) is 0 Å². The molecule has 18 heavy (non-hydrogen) atoms. The normalized spacial score (nSPS) is 13.5. The van der Waals surface area contributed by atoms with Gasteiger partial charge in [-0.15, -0.1) is 0 Å². The van der Waals surface area contributed by atoms with Crippen LogP contribution in [0.5, 0.6) is 0 Å². The van der Waals surface area contributed by atoms with Gasteiger partial charge in [-0.1, -0.05) is 25.1 Å². The Bertz CT molecular complexity index is 473. The zero-order valence-electron chi connectivity index (χ0n) is 10.4. The van der Waals surface area contributed by atoms with E-state index in [2.05, 4.69) is 4.72 Å². The molecule has 1 unspecified atom stereocenters. The summed E-state index contributed by atoms with van der Waals surface area (Å²) in [6.07, 6.45) is 0.790. The van der Waals surface area contributed by atoms with Crippen molar-refractivity contribution in [2.45, 2.75) is 25.0 Å². The summed E-state index contributed by atoms with van der Waals surface area (Å²) in [7, 11) is -3.40. The quantitative estimate of drug-likeness (QED) is 0.780. The van der Waals surface area contributed by atoms with Gasteiger partial charge in [0.05, 0.1) is 5.25 Å². The first-order valence-electron chi connectivity index (χ1n) is 5.93. The van der Waals surface area contributed by atoms with Gasteiger partial charge in [0.25, 0.3) is 0 Å². The van der Waals surface area contributed by atoms with Crippen molar-refractivity contribution in [1.29, 1.82) is 0 Å². The van der Waals surface area contributed by atoms with E-state index in [1.807, 2.05) is 0 Å². The number of nitrogens with one attached hydrogen (secondary N) is 1. The van der Waals surface area contributed by atoms with E-state index in [1.54, 1.807) is 25.1 Å². The molecular weight excluding hydrogens is 255 g/mol. The van der Waals surface area contributed by atoms with Crippen LogP contribution >= 0.6 is 0 Å². The Kier molecular flexibility index (Phi) is 5.71. The molecule has 0 aromatic heterocycles. The summed E-state index contributed by atoms with van der Waals surface area (Å²) in [6.45, 7) is 2.04. The topological polar surface area (TPSA) is 72.2 Å². The summed E-state index contributed by atoms with van der Waals surface area (Å²) in [6, 6.07) is 6.33. The lowest BCUT2D eigenvalue weighted by molar-refractivity contribution is 0.559. The van der Waals surface area contributed by atoms with Crippen molar-refractivity contribution in [3.8, 4) is 0 Å². The van der Waals surface area contributed by atoms with Gasteiger partial charge in [0.1, 0.15) is 5.82 Å². The maximum absolute atomic E-state index is 13.3. The minimum atomic E-state index is -3.40. The van der Waals surface area contributed by atoms with E-state index >= 15 is 0 Å². The van der Waals surface area contributed by atoms with Crippen molar-refractivity contribution < 1.29 is 12.8 Å². The van der Waals surface area contributed by atoms with Crippen LogP contribution in [0.3, 0.4) is 0 Å². The molecule has 0 saturated heterocycles. The van der Waals surface area contributed by atoms with Crippen LogP contribution in [0.1, 0.15) is 18.9 Å². The fraction of sp³-hybridized carbons (Fsp3) is 0.500. The third kappa shape index (κ3) is 4.04. The van der Waals surface area contributed by atoms with E-state index in [9.17, 15) is 12.8 Å². The molecule has 0 spiro atoms. The molecule has 1 rings (SSSR count). The van der Waals surface area contributed by atoms with E-state index in [0.717, 1.165) is 0 Å². The minimum Gasteiger partial charge on any atom is -0.329 e. The first-order valence-corrected chi connectivity index (χ1v) is 7.47. The third-order valence-electron chi connectivity index (χ3n) is 2.81. The molecular formula is C12H19FN2O2S. The number of benzene rings is 1. The van der Waals surface area contributed by atoms with Crippen LogP contribution < -0.4 is 10.5 Å². The minimum absolute atomic E-state index is 0.0888. The van der Waals surface area contributed by atoms with E-state index in [1.165, 1.54) is 6.07 Å². The van der Waals surface area contributed by atoms with E-state index in [4.69, 9.17) is 5.73 Å². The van der Waals surface area contributed by atoms with Gasteiger partial charge in [0, 0.05) is 13.1 Å². The molecule has 0 amide bonds. The molecule has 0 fully saturated rings. The molecule has 1 atom stereocenters. The highest BCUT2D eigenvalue weighted by Gasteiger charge is 2.21. The van der Waals surface area contributed by atoms with Crippen LogP contribution in [0, 0.1) is 5.82 Å². The molecule has 0 aliphatic rings. The average Bonchev–Trinajstić information content (AvgIpc) is 2.32. The summed E-state index contributed by atoms with van der Waals surface area (Å²) >= 11 is 0. The van der Waals surface area contributed by atoms with Gasteiger partial charge < -0.3 is 5.73 Å². The molecule has 0 bridgehead atoms. The predicted octanol–water partition coefficient (Wildman–Crippen LogP) is 1.02. The summed E-state index contributed by atoms with van der Waals surface area (Å²) in [5.41, 5.74) is 5.90. The molecule has 3 N–H and O–H groups in total. The van der Waals surface area contributed by atoms with Crippen LogP contribution in [0.15, 0.2) is 24.3 Å². The zero-order chi connectivity index (χ0) is 13.6. The first kappa shape index (κ1) is 15.1. The van der Waals surface area contributed by atoms with Crippen LogP contribution in [-0.4, -0.2) is 26.8 Å². The maximum Gasteiger partial charge on any atom is 0.215 e. The second-order valence-corrected chi connectivity index (χ2v) is 6.09. The molecule has 4 nitrogen and oxygen atoms in total. The number of rotatable bonds is 7. The highest BCUT2D eigenvalue weighted by Crippen LogP contribution is 2.07. The molecule has 0 saturated carbocycles. The van der Waals surface area contributed by atoms with Gasteiger partial charge in [-0.3, -0.25) is 0 Å². The van der Waals surface area contributed by atoms with E-state index in [0.29, 0.717) is 18.4 Å². The van der Waals surface area contributed by atoms with Gasteiger partial charge in [-0.05, 0) is 24.5 Å². The molecule has 1 aromatic rings. The van der Waals surface area contributed by atoms with Crippen molar-refractivity contribution >= 4 is 10.0 Å². The standard InChI is InChI=1S/C12H19FN2O2S/c1-2-11(9-14)18(16,17)15-8-7-10-5-3-4-6-12(10)13/h3-6,11,15H,2,7-9,14H2,1H3. The SMILES string of the molecule is CCC(CN)S(=O)(=O)NCCc1ccccc1F. The Morgan fingerprint density at radius 2 is 2.06 bits per heavy atom.